The maximum atomic E-state index is 6.02. The zero-order chi connectivity index (χ0) is 9.71. The van der Waals surface area contributed by atoms with Gasteiger partial charge < -0.3 is 4.74 Å². The molecule has 2 heteroatoms. The van der Waals surface area contributed by atoms with Crippen molar-refractivity contribution in [1.82, 2.24) is 4.90 Å². The van der Waals surface area contributed by atoms with Crippen LogP contribution in [0.4, 0.5) is 0 Å². The molecule has 3 unspecified atom stereocenters. The van der Waals surface area contributed by atoms with Gasteiger partial charge >= 0.3 is 0 Å². The molecule has 3 atom stereocenters. The van der Waals surface area contributed by atoms with Crippen molar-refractivity contribution in [2.24, 2.45) is 5.92 Å². The van der Waals surface area contributed by atoms with E-state index in [0.29, 0.717) is 12.1 Å². The second kappa shape index (κ2) is 3.21. The molecule has 1 saturated carbocycles. The van der Waals surface area contributed by atoms with E-state index in [1.54, 1.807) is 0 Å². The van der Waals surface area contributed by atoms with Gasteiger partial charge in [-0.2, -0.15) is 0 Å². The quantitative estimate of drug-likeness (QED) is 0.668. The van der Waals surface area contributed by atoms with Gasteiger partial charge in [0.15, 0.2) is 0 Å². The molecule has 0 radical (unpaired) electrons. The first kappa shape index (κ1) is 9.17. The van der Waals surface area contributed by atoms with Crippen molar-refractivity contribution in [3.8, 4) is 0 Å². The fourth-order valence-corrected chi connectivity index (χ4v) is 3.30. The highest BCUT2D eigenvalue weighted by Crippen LogP contribution is 2.43. The Labute approximate surface area is 86.6 Å². The monoisotopic (exact) mass is 195 g/mol. The summed E-state index contributed by atoms with van der Waals surface area (Å²) < 4.78 is 6.02. The third kappa shape index (κ3) is 1.40. The van der Waals surface area contributed by atoms with E-state index in [0.717, 1.165) is 24.6 Å². The number of ether oxygens (including phenoxy) is 1. The Kier molecular flexibility index (Phi) is 2.10. The highest BCUT2D eigenvalue weighted by Gasteiger charge is 2.46. The van der Waals surface area contributed by atoms with Crippen molar-refractivity contribution < 1.29 is 4.74 Å². The zero-order valence-electron chi connectivity index (χ0n) is 9.28. The summed E-state index contributed by atoms with van der Waals surface area (Å²) in [5.41, 5.74) is 0. The minimum atomic E-state index is 0.605. The standard InChI is InChI=1S/C12H21NO/c1-8(2)13-10-5-11(13)7-14-12(6-10)9-3-4-9/h8-12H,3-7H2,1-2H3. The molecule has 80 valence electrons. The third-order valence-corrected chi connectivity index (χ3v) is 4.14. The Balaban J connectivity index is 1.67. The van der Waals surface area contributed by atoms with Gasteiger partial charge in [0.05, 0.1) is 12.7 Å². The molecule has 2 bridgehead atoms. The van der Waals surface area contributed by atoms with Crippen molar-refractivity contribution in [3.63, 3.8) is 0 Å². The molecule has 4 fully saturated rings. The van der Waals surface area contributed by atoms with Crippen LogP contribution in [0.25, 0.3) is 0 Å². The summed E-state index contributed by atoms with van der Waals surface area (Å²) in [7, 11) is 0. The predicted octanol–water partition coefficient (Wildman–Crippen LogP) is 2.04. The lowest BCUT2D eigenvalue weighted by Crippen LogP contribution is -2.59. The summed E-state index contributed by atoms with van der Waals surface area (Å²) in [6.45, 7) is 5.63. The molecule has 0 aromatic carbocycles. The molecular formula is C12H21NO. The van der Waals surface area contributed by atoms with Gasteiger partial charge in [-0.25, -0.2) is 0 Å². The van der Waals surface area contributed by atoms with Crippen LogP contribution in [-0.2, 0) is 4.74 Å². The van der Waals surface area contributed by atoms with E-state index >= 15 is 0 Å². The predicted molar refractivity (Wildman–Crippen MR) is 56.2 cm³/mol. The molecule has 3 saturated heterocycles. The van der Waals surface area contributed by atoms with E-state index in [4.69, 9.17) is 4.74 Å². The molecule has 2 nitrogen and oxygen atoms in total. The van der Waals surface area contributed by atoms with Crippen LogP contribution in [-0.4, -0.2) is 35.7 Å². The van der Waals surface area contributed by atoms with Gasteiger partial charge in [0, 0.05) is 18.1 Å². The molecule has 1 aliphatic carbocycles. The zero-order valence-corrected chi connectivity index (χ0v) is 9.28. The number of hydrogen-bond acceptors (Lipinski definition) is 2. The Bertz CT molecular complexity index is 224. The minimum Gasteiger partial charge on any atom is -0.376 e. The van der Waals surface area contributed by atoms with Gasteiger partial charge in [0.25, 0.3) is 0 Å². The molecule has 14 heavy (non-hydrogen) atoms. The molecule has 3 heterocycles. The van der Waals surface area contributed by atoms with E-state index in [1.807, 2.05) is 0 Å². The Morgan fingerprint density at radius 2 is 1.93 bits per heavy atom. The summed E-state index contributed by atoms with van der Waals surface area (Å²) in [4.78, 5) is 2.67. The third-order valence-electron chi connectivity index (χ3n) is 4.14. The first-order valence-corrected chi connectivity index (χ1v) is 6.14. The molecular weight excluding hydrogens is 174 g/mol. The first-order chi connectivity index (χ1) is 6.75. The molecule has 0 spiro atoms. The van der Waals surface area contributed by atoms with Gasteiger partial charge in [0.1, 0.15) is 0 Å². The highest BCUT2D eigenvalue weighted by atomic mass is 16.5. The van der Waals surface area contributed by atoms with Crippen LogP contribution in [0.1, 0.15) is 39.5 Å². The van der Waals surface area contributed by atoms with Crippen LogP contribution in [0.5, 0.6) is 0 Å². The van der Waals surface area contributed by atoms with Crippen LogP contribution < -0.4 is 0 Å². The average Bonchev–Trinajstić information content (AvgIpc) is 2.89. The fourth-order valence-electron chi connectivity index (χ4n) is 3.30. The Morgan fingerprint density at radius 3 is 2.57 bits per heavy atom. The summed E-state index contributed by atoms with van der Waals surface area (Å²) in [6.07, 6.45) is 6.14. The van der Waals surface area contributed by atoms with Crippen LogP contribution in [0, 0.1) is 5.92 Å². The van der Waals surface area contributed by atoms with Crippen molar-refractivity contribution in [1.29, 1.82) is 0 Å². The summed E-state index contributed by atoms with van der Waals surface area (Å²) in [6, 6.07) is 2.29. The van der Waals surface area contributed by atoms with Gasteiger partial charge in [-0.15, -0.1) is 0 Å². The summed E-state index contributed by atoms with van der Waals surface area (Å²) in [5, 5.41) is 0. The van der Waals surface area contributed by atoms with Gasteiger partial charge in [-0.05, 0) is 45.4 Å². The maximum Gasteiger partial charge on any atom is 0.0626 e. The summed E-state index contributed by atoms with van der Waals surface area (Å²) >= 11 is 0. The van der Waals surface area contributed by atoms with Crippen molar-refractivity contribution >= 4 is 0 Å². The fraction of sp³-hybridized carbons (Fsp3) is 1.00. The van der Waals surface area contributed by atoms with Crippen molar-refractivity contribution in [2.75, 3.05) is 6.61 Å². The number of nitrogens with zero attached hydrogens (tertiary/aromatic N) is 1. The van der Waals surface area contributed by atoms with Crippen LogP contribution >= 0.6 is 0 Å². The van der Waals surface area contributed by atoms with Gasteiger partial charge in [-0.3, -0.25) is 4.90 Å². The lowest BCUT2D eigenvalue weighted by atomic mass is 9.88. The minimum absolute atomic E-state index is 0.605. The van der Waals surface area contributed by atoms with E-state index in [1.165, 1.54) is 25.7 Å². The highest BCUT2D eigenvalue weighted by molar-refractivity contribution is 5.00. The second-order valence-electron chi connectivity index (χ2n) is 5.53. The lowest BCUT2D eigenvalue weighted by Gasteiger charge is -2.49. The number of hydrogen-bond donors (Lipinski definition) is 0. The van der Waals surface area contributed by atoms with Crippen LogP contribution in [0.3, 0.4) is 0 Å². The Hall–Kier alpha value is -0.0800. The second-order valence-corrected chi connectivity index (χ2v) is 5.53. The Morgan fingerprint density at radius 1 is 1.14 bits per heavy atom. The van der Waals surface area contributed by atoms with E-state index in [2.05, 4.69) is 18.7 Å². The summed E-state index contributed by atoms with van der Waals surface area (Å²) in [5.74, 6) is 0.920. The molecule has 3 aliphatic heterocycles. The number of rotatable bonds is 2. The molecule has 4 rings (SSSR count). The molecule has 0 aromatic heterocycles. The lowest BCUT2D eigenvalue weighted by molar-refractivity contribution is -0.0226. The topological polar surface area (TPSA) is 12.5 Å². The molecule has 0 amide bonds. The van der Waals surface area contributed by atoms with E-state index in [-0.39, 0.29) is 0 Å². The van der Waals surface area contributed by atoms with E-state index in [9.17, 15) is 0 Å². The number of fused-ring (bicyclic) bond motifs is 3. The van der Waals surface area contributed by atoms with Crippen molar-refractivity contribution in [3.05, 3.63) is 0 Å². The molecule has 0 N–H and O–H groups in total. The maximum absolute atomic E-state index is 6.02. The first-order valence-electron chi connectivity index (χ1n) is 6.14. The normalized spacial score (nSPS) is 43.5. The molecule has 4 aliphatic rings. The van der Waals surface area contributed by atoms with Gasteiger partial charge in [-0.1, -0.05) is 0 Å². The smallest absolute Gasteiger partial charge is 0.0626 e. The van der Waals surface area contributed by atoms with Crippen molar-refractivity contribution in [2.45, 2.75) is 63.8 Å². The van der Waals surface area contributed by atoms with Crippen LogP contribution in [0.15, 0.2) is 0 Å². The SMILES string of the molecule is CC(C)N1C2COC(C3CC3)CC1C2. The molecule has 0 aromatic rings. The largest absolute Gasteiger partial charge is 0.376 e. The van der Waals surface area contributed by atoms with E-state index < -0.39 is 0 Å². The van der Waals surface area contributed by atoms with Crippen LogP contribution in [0.2, 0.25) is 0 Å². The average molecular weight is 195 g/mol. The van der Waals surface area contributed by atoms with Gasteiger partial charge in [0.2, 0.25) is 0 Å².